The van der Waals surface area contributed by atoms with Gasteiger partial charge in [-0.2, -0.15) is 11.3 Å². The first-order valence-corrected chi connectivity index (χ1v) is 8.94. The molecule has 2 N–H and O–H groups in total. The summed E-state index contributed by atoms with van der Waals surface area (Å²) in [6, 6.07) is 9.89. The summed E-state index contributed by atoms with van der Waals surface area (Å²) in [5.41, 5.74) is 1.98. The highest BCUT2D eigenvalue weighted by Gasteiger charge is 2.25. The Labute approximate surface area is 145 Å². The molecule has 2 heterocycles. The SMILES string of the molecule is CC(NCC(C)(O)c1ccsc1)c1ccc(N2CCOC2=O)cc1. The van der Waals surface area contributed by atoms with E-state index < -0.39 is 5.60 Å². The molecule has 0 radical (unpaired) electrons. The van der Waals surface area contributed by atoms with Gasteiger partial charge in [0.15, 0.2) is 0 Å². The average molecular weight is 346 g/mol. The van der Waals surface area contributed by atoms with Gasteiger partial charge in [-0.1, -0.05) is 12.1 Å². The van der Waals surface area contributed by atoms with Crippen molar-refractivity contribution in [1.29, 1.82) is 0 Å². The summed E-state index contributed by atoms with van der Waals surface area (Å²) in [4.78, 5) is 13.2. The summed E-state index contributed by atoms with van der Waals surface area (Å²) in [6.45, 7) is 5.37. The van der Waals surface area contributed by atoms with Gasteiger partial charge in [0.1, 0.15) is 12.2 Å². The van der Waals surface area contributed by atoms with Gasteiger partial charge in [-0.25, -0.2) is 4.79 Å². The molecular weight excluding hydrogens is 324 g/mol. The number of amides is 1. The van der Waals surface area contributed by atoms with Crippen molar-refractivity contribution in [2.24, 2.45) is 0 Å². The smallest absolute Gasteiger partial charge is 0.414 e. The van der Waals surface area contributed by atoms with Crippen LogP contribution in [0.4, 0.5) is 10.5 Å². The lowest BCUT2D eigenvalue weighted by Gasteiger charge is -2.26. The number of thiophene rings is 1. The standard InChI is InChI=1S/C18H22N2O3S/c1-13(19-12-18(2,22)15-7-10-24-11-15)14-3-5-16(6-4-14)20-8-9-23-17(20)21/h3-7,10-11,13,19,22H,8-9,12H2,1-2H3. The number of aliphatic hydroxyl groups is 1. The minimum atomic E-state index is -0.895. The molecule has 6 heteroatoms. The van der Waals surface area contributed by atoms with Crippen LogP contribution in [0.2, 0.25) is 0 Å². The monoisotopic (exact) mass is 346 g/mol. The van der Waals surface area contributed by atoms with Gasteiger partial charge in [0, 0.05) is 18.3 Å². The molecule has 1 aliphatic heterocycles. The third-order valence-electron chi connectivity index (χ3n) is 4.36. The van der Waals surface area contributed by atoms with Crippen molar-refractivity contribution >= 4 is 23.1 Å². The van der Waals surface area contributed by atoms with Crippen molar-refractivity contribution in [3.8, 4) is 0 Å². The number of benzene rings is 1. The zero-order valence-corrected chi connectivity index (χ0v) is 14.7. The second-order valence-electron chi connectivity index (χ2n) is 6.25. The fraction of sp³-hybridized carbons (Fsp3) is 0.389. The maximum atomic E-state index is 11.6. The van der Waals surface area contributed by atoms with Gasteiger partial charge in [0.05, 0.1) is 6.54 Å². The summed E-state index contributed by atoms with van der Waals surface area (Å²) in [6.07, 6.45) is -0.291. The van der Waals surface area contributed by atoms with Gasteiger partial charge >= 0.3 is 6.09 Å². The van der Waals surface area contributed by atoms with Crippen LogP contribution >= 0.6 is 11.3 Å². The maximum Gasteiger partial charge on any atom is 0.414 e. The lowest BCUT2D eigenvalue weighted by atomic mass is 9.98. The molecule has 1 aromatic heterocycles. The Morgan fingerprint density at radius 2 is 2.12 bits per heavy atom. The second kappa shape index (κ2) is 6.93. The van der Waals surface area contributed by atoms with E-state index in [4.69, 9.17) is 4.74 Å². The highest BCUT2D eigenvalue weighted by molar-refractivity contribution is 7.08. The molecule has 1 fully saturated rings. The van der Waals surface area contributed by atoms with Crippen LogP contribution in [0.1, 0.15) is 31.0 Å². The van der Waals surface area contributed by atoms with Crippen molar-refractivity contribution in [3.63, 3.8) is 0 Å². The van der Waals surface area contributed by atoms with E-state index in [0.717, 1.165) is 16.8 Å². The van der Waals surface area contributed by atoms with E-state index >= 15 is 0 Å². The Hall–Kier alpha value is -1.89. The lowest BCUT2D eigenvalue weighted by molar-refractivity contribution is 0.0548. The molecule has 2 atom stereocenters. The molecule has 24 heavy (non-hydrogen) atoms. The molecule has 1 amide bonds. The number of hydrogen-bond acceptors (Lipinski definition) is 5. The van der Waals surface area contributed by atoms with Crippen molar-refractivity contribution in [1.82, 2.24) is 5.32 Å². The van der Waals surface area contributed by atoms with Gasteiger partial charge in [0.25, 0.3) is 0 Å². The van der Waals surface area contributed by atoms with Crippen LogP contribution < -0.4 is 10.2 Å². The number of nitrogens with zero attached hydrogens (tertiary/aromatic N) is 1. The van der Waals surface area contributed by atoms with E-state index in [9.17, 15) is 9.90 Å². The van der Waals surface area contributed by atoms with Gasteiger partial charge in [-0.3, -0.25) is 4.90 Å². The first kappa shape index (κ1) is 17.0. The van der Waals surface area contributed by atoms with Gasteiger partial charge in [0.2, 0.25) is 0 Å². The molecule has 1 aliphatic rings. The number of anilines is 1. The fourth-order valence-electron chi connectivity index (χ4n) is 2.71. The Morgan fingerprint density at radius 1 is 1.38 bits per heavy atom. The van der Waals surface area contributed by atoms with Gasteiger partial charge < -0.3 is 15.2 Å². The molecule has 0 bridgehead atoms. The normalized spacial score (nSPS) is 18.3. The van der Waals surface area contributed by atoms with Crippen LogP contribution in [0.25, 0.3) is 0 Å². The molecule has 0 spiro atoms. The van der Waals surface area contributed by atoms with Gasteiger partial charge in [-0.15, -0.1) is 0 Å². The first-order chi connectivity index (χ1) is 11.5. The van der Waals surface area contributed by atoms with Crippen LogP contribution in [-0.4, -0.2) is 30.9 Å². The Morgan fingerprint density at radius 3 is 2.71 bits per heavy atom. The van der Waals surface area contributed by atoms with E-state index in [1.54, 1.807) is 16.2 Å². The van der Waals surface area contributed by atoms with Crippen molar-refractivity contribution in [3.05, 3.63) is 52.2 Å². The quantitative estimate of drug-likeness (QED) is 0.843. The number of nitrogens with one attached hydrogen (secondary N) is 1. The molecule has 1 aromatic carbocycles. The third-order valence-corrected chi connectivity index (χ3v) is 5.04. The van der Waals surface area contributed by atoms with E-state index in [1.165, 1.54) is 0 Å². The van der Waals surface area contributed by atoms with Crippen molar-refractivity contribution < 1.29 is 14.6 Å². The van der Waals surface area contributed by atoms with Crippen LogP contribution in [0.5, 0.6) is 0 Å². The number of carbonyl (C=O) groups excluding carboxylic acids is 1. The highest BCUT2D eigenvalue weighted by Crippen LogP contribution is 2.25. The van der Waals surface area contributed by atoms with E-state index in [1.807, 2.05) is 48.0 Å². The summed E-state index contributed by atoms with van der Waals surface area (Å²) in [7, 11) is 0. The predicted octanol–water partition coefficient (Wildman–Crippen LogP) is 3.26. The molecule has 0 saturated carbocycles. The molecule has 5 nitrogen and oxygen atoms in total. The Bertz CT molecular complexity index is 683. The second-order valence-corrected chi connectivity index (χ2v) is 7.03. The summed E-state index contributed by atoms with van der Waals surface area (Å²) in [5, 5.41) is 17.9. The Kier molecular flexibility index (Phi) is 4.89. The molecule has 128 valence electrons. The number of ether oxygens (including phenoxy) is 1. The molecular formula is C18H22N2O3S. The van der Waals surface area contributed by atoms with Crippen LogP contribution in [0.15, 0.2) is 41.1 Å². The van der Waals surface area contributed by atoms with Gasteiger partial charge in [-0.05, 0) is 53.9 Å². The first-order valence-electron chi connectivity index (χ1n) is 8.00. The molecule has 2 aromatic rings. The summed E-state index contributed by atoms with van der Waals surface area (Å²) >= 11 is 1.58. The average Bonchev–Trinajstić information content (AvgIpc) is 3.25. The number of carbonyl (C=O) groups is 1. The minimum Gasteiger partial charge on any atom is -0.447 e. The fourth-order valence-corrected chi connectivity index (χ4v) is 3.50. The highest BCUT2D eigenvalue weighted by atomic mass is 32.1. The van der Waals surface area contributed by atoms with Crippen molar-refractivity contribution in [2.75, 3.05) is 24.6 Å². The Balaban J connectivity index is 1.61. The van der Waals surface area contributed by atoms with E-state index in [0.29, 0.717) is 19.7 Å². The van der Waals surface area contributed by atoms with Crippen LogP contribution in [-0.2, 0) is 10.3 Å². The van der Waals surface area contributed by atoms with Crippen LogP contribution in [0, 0.1) is 0 Å². The number of hydrogen-bond donors (Lipinski definition) is 2. The third kappa shape index (κ3) is 3.61. The summed E-state index contributed by atoms with van der Waals surface area (Å²) in [5.74, 6) is 0. The molecule has 1 saturated heterocycles. The molecule has 3 rings (SSSR count). The molecule has 0 aliphatic carbocycles. The maximum absolute atomic E-state index is 11.6. The zero-order valence-electron chi connectivity index (χ0n) is 13.9. The number of rotatable bonds is 6. The minimum absolute atomic E-state index is 0.0923. The van der Waals surface area contributed by atoms with E-state index in [2.05, 4.69) is 12.2 Å². The van der Waals surface area contributed by atoms with Crippen molar-refractivity contribution in [2.45, 2.75) is 25.5 Å². The zero-order chi connectivity index (χ0) is 17.2. The topological polar surface area (TPSA) is 61.8 Å². The largest absolute Gasteiger partial charge is 0.447 e. The lowest BCUT2D eigenvalue weighted by Crippen LogP contribution is -2.36. The van der Waals surface area contributed by atoms with E-state index in [-0.39, 0.29) is 12.1 Å². The van der Waals surface area contributed by atoms with Crippen LogP contribution in [0.3, 0.4) is 0 Å². The summed E-state index contributed by atoms with van der Waals surface area (Å²) < 4.78 is 4.96. The number of cyclic esters (lactones) is 1. The molecule has 2 unspecified atom stereocenters. The predicted molar refractivity (Wildman–Crippen MR) is 95.4 cm³/mol.